The molecule has 0 aliphatic carbocycles. The number of Topliss-reactive ketones (excluding diaryl/α,β-unsaturated/α-hetero) is 1. The first-order valence-corrected chi connectivity index (χ1v) is 12.7. The number of carbonyl (C=O) groups excluding carboxylic acids is 3. The lowest BCUT2D eigenvalue weighted by Gasteiger charge is -2.28. The zero-order valence-corrected chi connectivity index (χ0v) is 22.6. The topological polar surface area (TPSA) is 97.0 Å². The first-order chi connectivity index (χ1) is 18.5. The Morgan fingerprint density at radius 1 is 0.974 bits per heavy atom. The highest BCUT2D eigenvalue weighted by Crippen LogP contribution is 2.43. The van der Waals surface area contributed by atoms with Gasteiger partial charge in [0.1, 0.15) is 5.58 Å². The molecule has 0 saturated carbocycles. The Balaban J connectivity index is 1.63. The van der Waals surface area contributed by atoms with E-state index >= 15 is 0 Å². The summed E-state index contributed by atoms with van der Waals surface area (Å²) in [6.07, 6.45) is 0. The molecule has 39 heavy (non-hydrogen) atoms. The molecule has 1 aliphatic heterocycles. The van der Waals surface area contributed by atoms with Crippen LogP contribution in [0.3, 0.4) is 0 Å². The lowest BCUT2D eigenvalue weighted by atomic mass is 9.85. The number of carbonyl (C=O) groups is 3. The molecule has 1 aliphatic rings. The number of aliphatic hydroxyl groups excluding tert-OH is 1. The number of ether oxygens (including phenoxy) is 1. The molecule has 198 valence electrons. The quantitative estimate of drug-likeness (QED) is 0.216. The van der Waals surface area contributed by atoms with Crippen molar-refractivity contribution < 1.29 is 28.6 Å². The molecule has 1 N–H and O–H groups in total. The molecule has 1 atom stereocenters. The highest BCUT2D eigenvalue weighted by molar-refractivity contribution is 6.31. The van der Waals surface area contributed by atoms with Gasteiger partial charge in [0.15, 0.2) is 11.5 Å². The van der Waals surface area contributed by atoms with Crippen molar-refractivity contribution in [2.75, 3.05) is 12.0 Å². The number of halogens is 1. The van der Waals surface area contributed by atoms with Crippen molar-refractivity contribution in [1.29, 1.82) is 0 Å². The number of ketones is 1. The van der Waals surface area contributed by atoms with Crippen LogP contribution in [-0.4, -0.2) is 29.9 Å². The van der Waals surface area contributed by atoms with E-state index in [-0.39, 0.29) is 16.7 Å². The number of amides is 1. The summed E-state index contributed by atoms with van der Waals surface area (Å²) in [5.74, 6) is -2.58. The molecular formula is C31H26ClNO6. The number of rotatable bonds is 5. The molecular weight excluding hydrogens is 518 g/mol. The van der Waals surface area contributed by atoms with Crippen LogP contribution in [0.2, 0.25) is 5.02 Å². The Morgan fingerprint density at radius 3 is 2.26 bits per heavy atom. The SMILES string of the molecule is COC(=O)c1ccc(N2C(=O)C(O)=C(C(=O)c3cc4cc(Cl)ccc4o3)C2c2ccc(C(C)(C)C)cc2)cc1. The van der Waals surface area contributed by atoms with E-state index in [1.807, 2.05) is 24.3 Å². The third kappa shape index (κ3) is 4.70. The minimum absolute atomic E-state index is 0.0270. The van der Waals surface area contributed by atoms with Crippen molar-refractivity contribution in [2.24, 2.45) is 0 Å². The van der Waals surface area contributed by atoms with Gasteiger partial charge in [-0.1, -0.05) is 56.6 Å². The summed E-state index contributed by atoms with van der Waals surface area (Å²) in [6.45, 7) is 6.26. The molecule has 8 heteroatoms. The van der Waals surface area contributed by atoms with E-state index in [1.165, 1.54) is 24.1 Å². The Labute approximate surface area is 230 Å². The predicted molar refractivity (Wildman–Crippen MR) is 148 cm³/mol. The second-order valence-electron chi connectivity index (χ2n) is 10.4. The molecule has 0 radical (unpaired) electrons. The fraction of sp³-hybridized carbons (Fsp3) is 0.194. The van der Waals surface area contributed by atoms with E-state index in [9.17, 15) is 19.5 Å². The van der Waals surface area contributed by atoms with Crippen molar-refractivity contribution in [3.8, 4) is 0 Å². The van der Waals surface area contributed by atoms with Crippen molar-refractivity contribution in [1.82, 2.24) is 0 Å². The van der Waals surface area contributed by atoms with Gasteiger partial charge < -0.3 is 14.3 Å². The molecule has 0 saturated heterocycles. The average Bonchev–Trinajstić information content (AvgIpc) is 3.45. The highest BCUT2D eigenvalue weighted by Gasteiger charge is 2.45. The maximum absolute atomic E-state index is 13.8. The number of fused-ring (bicyclic) bond motifs is 1. The van der Waals surface area contributed by atoms with Crippen LogP contribution >= 0.6 is 11.6 Å². The summed E-state index contributed by atoms with van der Waals surface area (Å²) in [6, 6.07) is 19.3. The lowest BCUT2D eigenvalue weighted by molar-refractivity contribution is -0.117. The fourth-order valence-electron chi connectivity index (χ4n) is 4.72. The van der Waals surface area contributed by atoms with Crippen molar-refractivity contribution in [2.45, 2.75) is 32.2 Å². The van der Waals surface area contributed by atoms with Gasteiger partial charge in [-0.25, -0.2) is 4.79 Å². The van der Waals surface area contributed by atoms with Crippen molar-refractivity contribution >= 4 is 45.9 Å². The van der Waals surface area contributed by atoms with E-state index in [1.54, 1.807) is 36.4 Å². The molecule has 0 fully saturated rings. The normalized spacial score (nSPS) is 15.8. The van der Waals surface area contributed by atoms with Crippen LogP contribution in [-0.2, 0) is 14.9 Å². The number of nitrogens with zero attached hydrogens (tertiary/aromatic N) is 1. The molecule has 1 aromatic heterocycles. The van der Waals surface area contributed by atoms with Gasteiger partial charge in [-0.15, -0.1) is 0 Å². The third-order valence-electron chi connectivity index (χ3n) is 6.81. The minimum Gasteiger partial charge on any atom is -0.503 e. The van der Waals surface area contributed by atoms with Crippen molar-refractivity contribution in [3.63, 3.8) is 0 Å². The molecule has 0 bridgehead atoms. The second kappa shape index (κ2) is 9.75. The zero-order valence-electron chi connectivity index (χ0n) is 21.8. The molecule has 2 heterocycles. The number of hydrogen-bond donors (Lipinski definition) is 1. The molecule has 1 unspecified atom stereocenters. The van der Waals surface area contributed by atoms with Crippen LogP contribution in [0.15, 0.2) is 88.5 Å². The van der Waals surface area contributed by atoms with E-state index in [4.69, 9.17) is 20.8 Å². The van der Waals surface area contributed by atoms with E-state index in [0.29, 0.717) is 32.8 Å². The van der Waals surface area contributed by atoms with Gasteiger partial charge in [0.2, 0.25) is 5.78 Å². The molecule has 4 aromatic rings. The molecule has 3 aromatic carbocycles. The number of furan rings is 1. The van der Waals surface area contributed by atoms with Crippen LogP contribution in [0, 0.1) is 0 Å². The van der Waals surface area contributed by atoms with Gasteiger partial charge in [0.25, 0.3) is 5.91 Å². The summed E-state index contributed by atoms with van der Waals surface area (Å²) in [5.41, 5.74) is 2.62. The lowest BCUT2D eigenvalue weighted by Crippen LogP contribution is -2.31. The van der Waals surface area contributed by atoms with Gasteiger partial charge in [-0.3, -0.25) is 14.5 Å². The van der Waals surface area contributed by atoms with Crippen LogP contribution in [0.5, 0.6) is 0 Å². The fourth-order valence-corrected chi connectivity index (χ4v) is 4.90. The molecule has 7 nitrogen and oxygen atoms in total. The number of methoxy groups -OCH3 is 1. The smallest absolute Gasteiger partial charge is 0.337 e. The highest BCUT2D eigenvalue weighted by atomic mass is 35.5. The zero-order chi connectivity index (χ0) is 28.1. The maximum atomic E-state index is 13.8. The summed E-state index contributed by atoms with van der Waals surface area (Å²) in [7, 11) is 1.28. The van der Waals surface area contributed by atoms with Crippen LogP contribution in [0.25, 0.3) is 11.0 Å². The summed E-state index contributed by atoms with van der Waals surface area (Å²) in [5, 5.41) is 12.2. The number of anilines is 1. The van der Waals surface area contributed by atoms with E-state index in [2.05, 4.69) is 20.8 Å². The van der Waals surface area contributed by atoms with Crippen LogP contribution < -0.4 is 4.90 Å². The standard InChI is InChI=1S/C31H26ClNO6/c1-31(2,3)20-9-5-17(6-10-20)26-25(27(34)24-16-19-15-21(32)11-14-23(19)39-24)28(35)29(36)33(26)22-12-7-18(8-13-22)30(37)38-4/h5-16,26,35H,1-4H3. The molecule has 1 amide bonds. The summed E-state index contributed by atoms with van der Waals surface area (Å²) >= 11 is 6.10. The Kier molecular flexibility index (Phi) is 6.56. The largest absolute Gasteiger partial charge is 0.503 e. The Morgan fingerprint density at radius 2 is 1.64 bits per heavy atom. The number of esters is 1. The van der Waals surface area contributed by atoms with E-state index in [0.717, 1.165) is 5.56 Å². The van der Waals surface area contributed by atoms with Gasteiger partial charge in [0, 0.05) is 16.1 Å². The van der Waals surface area contributed by atoms with Gasteiger partial charge in [-0.2, -0.15) is 0 Å². The molecule has 0 spiro atoms. The Hall–Kier alpha value is -4.36. The maximum Gasteiger partial charge on any atom is 0.337 e. The molecule has 5 rings (SSSR count). The first kappa shape index (κ1) is 26.3. The third-order valence-corrected chi connectivity index (χ3v) is 7.05. The first-order valence-electron chi connectivity index (χ1n) is 12.3. The average molecular weight is 544 g/mol. The predicted octanol–water partition coefficient (Wildman–Crippen LogP) is 6.95. The van der Waals surface area contributed by atoms with Crippen LogP contribution in [0.4, 0.5) is 5.69 Å². The van der Waals surface area contributed by atoms with Crippen molar-refractivity contribution in [3.05, 3.63) is 112 Å². The van der Waals surface area contributed by atoms with Gasteiger partial charge in [-0.05, 0) is 65.1 Å². The van der Waals surface area contributed by atoms with E-state index < -0.39 is 29.5 Å². The summed E-state index contributed by atoms with van der Waals surface area (Å²) in [4.78, 5) is 40.6. The summed E-state index contributed by atoms with van der Waals surface area (Å²) < 4.78 is 10.6. The minimum atomic E-state index is -0.945. The monoisotopic (exact) mass is 543 g/mol. The number of aliphatic hydroxyl groups is 1. The second-order valence-corrected chi connectivity index (χ2v) is 10.8. The van der Waals surface area contributed by atoms with Crippen LogP contribution in [0.1, 0.15) is 58.9 Å². The number of hydrogen-bond acceptors (Lipinski definition) is 6. The number of benzene rings is 3. The Bertz CT molecular complexity index is 1640. The van der Waals surface area contributed by atoms with Gasteiger partial charge in [0.05, 0.1) is 24.3 Å². The van der Waals surface area contributed by atoms with Gasteiger partial charge >= 0.3 is 5.97 Å².